The maximum absolute atomic E-state index is 5.36. The summed E-state index contributed by atoms with van der Waals surface area (Å²) in [4.78, 5) is 10.9. The molecule has 0 radical (unpaired) electrons. The van der Waals surface area contributed by atoms with Gasteiger partial charge in [-0.05, 0) is 13.8 Å². The molecule has 1 atom stereocenters. The number of morpholine rings is 1. The van der Waals surface area contributed by atoms with E-state index in [1.807, 2.05) is 6.92 Å². The van der Waals surface area contributed by atoms with Gasteiger partial charge in [0.1, 0.15) is 0 Å². The standard InChI is InChI=1S/C13H22N4O2/c1-3-19-12-4-5-14-13(16-12)15-11(2)10-17-6-8-18-9-7-17/h4-5,11H,3,6-10H2,1-2H3,(H,14,15,16). The van der Waals surface area contributed by atoms with Crippen molar-refractivity contribution < 1.29 is 9.47 Å². The van der Waals surface area contributed by atoms with Crippen molar-refractivity contribution in [1.82, 2.24) is 14.9 Å². The van der Waals surface area contributed by atoms with Crippen LogP contribution in [0.5, 0.6) is 5.88 Å². The maximum atomic E-state index is 5.36. The van der Waals surface area contributed by atoms with Gasteiger partial charge in [0.15, 0.2) is 0 Å². The molecule has 0 spiro atoms. The molecule has 6 nitrogen and oxygen atoms in total. The molecule has 19 heavy (non-hydrogen) atoms. The number of rotatable bonds is 6. The van der Waals surface area contributed by atoms with E-state index < -0.39 is 0 Å². The van der Waals surface area contributed by atoms with Gasteiger partial charge >= 0.3 is 0 Å². The summed E-state index contributed by atoms with van der Waals surface area (Å²) >= 11 is 0. The number of hydrogen-bond acceptors (Lipinski definition) is 6. The molecule has 106 valence electrons. The Morgan fingerprint density at radius 3 is 3.00 bits per heavy atom. The summed E-state index contributed by atoms with van der Waals surface area (Å²) in [5.41, 5.74) is 0. The summed E-state index contributed by atoms with van der Waals surface area (Å²) in [6, 6.07) is 2.05. The summed E-state index contributed by atoms with van der Waals surface area (Å²) in [5, 5.41) is 3.30. The molecular weight excluding hydrogens is 244 g/mol. The lowest BCUT2D eigenvalue weighted by Crippen LogP contribution is -2.42. The first kappa shape index (κ1) is 14.0. The smallest absolute Gasteiger partial charge is 0.226 e. The number of hydrogen-bond donors (Lipinski definition) is 1. The first-order valence-electron chi connectivity index (χ1n) is 6.80. The Morgan fingerprint density at radius 2 is 2.26 bits per heavy atom. The van der Waals surface area contributed by atoms with Gasteiger partial charge in [0.25, 0.3) is 0 Å². The Morgan fingerprint density at radius 1 is 1.47 bits per heavy atom. The largest absolute Gasteiger partial charge is 0.478 e. The highest BCUT2D eigenvalue weighted by molar-refractivity contribution is 5.28. The van der Waals surface area contributed by atoms with Gasteiger partial charge in [0.2, 0.25) is 11.8 Å². The van der Waals surface area contributed by atoms with Crippen molar-refractivity contribution in [2.24, 2.45) is 0 Å². The summed E-state index contributed by atoms with van der Waals surface area (Å²) in [5.74, 6) is 1.23. The van der Waals surface area contributed by atoms with Crippen molar-refractivity contribution in [1.29, 1.82) is 0 Å². The molecule has 0 saturated carbocycles. The Labute approximate surface area is 114 Å². The van der Waals surface area contributed by atoms with Crippen LogP contribution < -0.4 is 10.1 Å². The third kappa shape index (κ3) is 4.65. The lowest BCUT2D eigenvalue weighted by atomic mass is 10.3. The predicted octanol–water partition coefficient (Wildman–Crippen LogP) is 1.01. The monoisotopic (exact) mass is 266 g/mol. The van der Waals surface area contributed by atoms with Crippen molar-refractivity contribution in [3.05, 3.63) is 12.3 Å². The van der Waals surface area contributed by atoms with E-state index in [9.17, 15) is 0 Å². The average molecular weight is 266 g/mol. The molecule has 6 heteroatoms. The van der Waals surface area contributed by atoms with E-state index in [-0.39, 0.29) is 6.04 Å². The third-order valence-electron chi connectivity index (χ3n) is 2.93. The number of ether oxygens (including phenoxy) is 2. The van der Waals surface area contributed by atoms with Crippen LogP contribution in [0.15, 0.2) is 12.3 Å². The second-order valence-corrected chi connectivity index (χ2v) is 4.61. The van der Waals surface area contributed by atoms with Crippen LogP contribution in [0.3, 0.4) is 0 Å². The molecule has 1 aliphatic rings. The molecule has 1 aromatic heterocycles. The molecule has 0 bridgehead atoms. The van der Waals surface area contributed by atoms with Gasteiger partial charge in [-0.1, -0.05) is 0 Å². The number of aromatic nitrogens is 2. The van der Waals surface area contributed by atoms with Crippen LogP contribution in [0.4, 0.5) is 5.95 Å². The molecule has 0 aromatic carbocycles. The fourth-order valence-electron chi connectivity index (χ4n) is 2.08. The zero-order valence-corrected chi connectivity index (χ0v) is 11.6. The van der Waals surface area contributed by atoms with E-state index in [0.29, 0.717) is 18.4 Å². The van der Waals surface area contributed by atoms with Crippen LogP contribution in [0.25, 0.3) is 0 Å². The van der Waals surface area contributed by atoms with E-state index in [4.69, 9.17) is 9.47 Å². The van der Waals surface area contributed by atoms with Gasteiger partial charge in [0.05, 0.1) is 19.8 Å². The second-order valence-electron chi connectivity index (χ2n) is 4.61. The van der Waals surface area contributed by atoms with Crippen LogP contribution in [0, 0.1) is 0 Å². The minimum Gasteiger partial charge on any atom is -0.478 e. The molecule has 2 rings (SSSR count). The van der Waals surface area contributed by atoms with Gasteiger partial charge in [-0.25, -0.2) is 4.98 Å². The lowest BCUT2D eigenvalue weighted by Gasteiger charge is -2.29. The van der Waals surface area contributed by atoms with E-state index in [1.165, 1.54) is 0 Å². The van der Waals surface area contributed by atoms with Crippen LogP contribution in [0.1, 0.15) is 13.8 Å². The van der Waals surface area contributed by atoms with Crippen LogP contribution in [0.2, 0.25) is 0 Å². The Kier molecular flexibility index (Phi) is 5.35. The zero-order valence-electron chi connectivity index (χ0n) is 11.6. The van der Waals surface area contributed by atoms with Crippen LogP contribution >= 0.6 is 0 Å². The summed E-state index contributed by atoms with van der Waals surface area (Å²) in [7, 11) is 0. The Balaban J connectivity index is 1.83. The Bertz CT molecular complexity index is 383. The first-order chi connectivity index (χ1) is 9.28. The molecule has 0 aliphatic carbocycles. The minimum atomic E-state index is 0.287. The molecule has 2 heterocycles. The molecule has 1 N–H and O–H groups in total. The number of anilines is 1. The summed E-state index contributed by atoms with van der Waals surface area (Å²) in [6.45, 7) is 9.28. The fourth-order valence-corrected chi connectivity index (χ4v) is 2.08. The first-order valence-corrected chi connectivity index (χ1v) is 6.80. The van der Waals surface area contributed by atoms with Crippen molar-refractivity contribution >= 4 is 5.95 Å². The molecule has 1 saturated heterocycles. The number of nitrogens with one attached hydrogen (secondary N) is 1. The topological polar surface area (TPSA) is 59.5 Å². The van der Waals surface area contributed by atoms with E-state index >= 15 is 0 Å². The fraction of sp³-hybridized carbons (Fsp3) is 0.692. The highest BCUT2D eigenvalue weighted by Crippen LogP contribution is 2.09. The molecular formula is C13H22N4O2. The highest BCUT2D eigenvalue weighted by Gasteiger charge is 2.14. The normalized spacial score (nSPS) is 18.0. The summed E-state index contributed by atoms with van der Waals surface area (Å²) < 4.78 is 10.7. The van der Waals surface area contributed by atoms with Crippen LogP contribution in [-0.2, 0) is 4.74 Å². The van der Waals surface area contributed by atoms with Gasteiger partial charge in [-0.2, -0.15) is 4.98 Å². The van der Waals surface area contributed by atoms with Crippen molar-refractivity contribution in [3.63, 3.8) is 0 Å². The van der Waals surface area contributed by atoms with Gasteiger partial charge in [-0.15, -0.1) is 0 Å². The molecule has 1 unspecified atom stereocenters. The molecule has 1 fully saturated rings. The zero-order chi connectivity index (χ0) is 13.5. The highest BCUT2D eigenvalue weighted by atomic mass is 16.5. The van der Waals surface area contributed by atoms with Gasteiger partial charge < -0.3 is 14.8 Å². The van der Waals surface area contributed by atoms with Crippen molar-refractivity contribution in [2.75, 3.05) is 44.8 Å². The maximum Gasteiger partial charge on any atom is 0.226 e. The quantitative estimate of drug-likeness (QED) is 0.829. The molecule has 1 aromatic rings. The van der Waals surface area contributed by atoms with Crippen molar-refractivity contribution in [3.8, 4) is 5.88 Å². The molecule has 1 aliphatic heterocycles. The average Bonchev–Trinajstić information content (AvgIpc) is 2.40. The van der Waals surface area contributed by atoms with E-state index in [2.05, 4.69) is 27.1 Å². The second kappa shape index (κ2) is 7.25. The Hall–Kier alpha value is -1.40. The lowest BCUT2D eigenvalue weighted by molar-refractivity contribution is 0.0368. The SMILES string of the molecule is CCOc1ccnc(NC(C)CN2CCOCC2)n1. The van der Waals surface area contributed by atoms with E-state index in [1.54, 1.807) is 12.3 Å². The minimum absolute atomic E-state index is 0.287. The van der Waals surface area contributed by atoms with Crippen molar-refractivity contribution in [2.45, 2.75) is 19.9 Å². The summed E-state index contributed by atoms with van der Waals surface area (Å²) in [6.07, 6.45) is 1.71. The van der Waals surface area contributed by atoms with Gasteiger partial charge in [-0.3, -0.25) is 4.90 Å². The van der Waals surface area contributed by atoms with Crippen LogP contribution in [-0.4, -0.2) is 60.4 Å². The van der Waals surface area contributed by atoms with Gasteiger partial charge in [0, 0.05) is 37.9 Å². The number of nitrogens with zero attached hydrogens (tertiary/aromatic N) is 3. The van der Waals surface area contributed by atoms with E-state index in [0.717, 1.165) is 32.8 Å². The predicted molar refractivity (Wildman–Crippen MR) is 73.5 cm³/mol. The third-order valence-corrected chi connectivity index (χ3v) is 2.93. The molecule has 0 amide bonds.